The topological polar surface area (TPSA) is 76.1 Å². The van der Waals surface area contributed by atoms with E-state index in [1.54, 1.807) is 30.3 Å². The Morgan fingerprint density at radius 1 is 0.511 bits per heavy atom. The van der Waals surface area contributed by atoms with Crippen LogP contribution in [-0.2, 0) is 0 Å². The summed E-state index contributed by atoms with van der Waals surface area (Å²) in [6.07, 6.45) is 4.79. The standard InChI is InChI=1S/C39H22N4O2/c44-37-30-10-4-5-11-31(30)38(45)33(37)20-23-16-17-28-29-18-19-34(43(24-8-2-1-3-9-24)39-41-21-40-22-42-39)32-15-7-14-27(36(29)32)26-13-6-12-25(23)35(26)28/h1-22H. The number of nitrogens with zero attached hydrogens (tertiary/aromatic N) is 4. The van der Waals surface area contributed by atoms with Crippen molar-refractivity contribution >= 4 is 78.1 Å². The SMILES string of the molecule is O=C1C(=Cc2ccc3c4ccc(N(c5ccccc5)c5ncncn5)c5cccc(c6cccc2c63)c54)C(=O)c2ccccc21. The molecule has 9 rings (SSSR count). The van der Waals surface area contributed by atoms with Gasteiger partial charge in [-0.15, -0.1) is 0 Å². The third kappa shape index (κ3) is 3.66. The average Bonchev–Trinajstić information content (AvgIpc) is 3.34. The van der Waals surface area contributed by atoms with Crippen molar-refractivity contribution in [3.05, 3.63) is 150 Å². The fraction of sp³-hybridized carbons (Fsp3) is 0. The van der Waals surface area contributed by atoms with Gasteiger partial charge in [0.2, 0.25) is 5.95 Å². The van der Waals surface area contributed by atoms with Crippen LogP contribution in [0, 0.1) is 0 Å². The van der Waals surface area contributed by atoms with Gasteiger partial charge in [-0.2, -0.15) is 0 Å². The van der Waals surface area contributed by atoms with Crippen molar-refractivity contribution in [1.29, 1.82) is 0 Å². The molecule has 0 amide bonds. The maximum atomic E-state index is 13.2. The monoisotopic (exact) mass is 578 g/mol. The molecule has 0 fully saturated rings. The van der Waals surface area contributed by atoms with Crippen molar-refractivity contribution < 1.29 is 9.59 Å². The van der Waals surface area contributed by atoms with Gasteiger partial charge in [0.25, 0.3) is 0 Å². The average molecular weight is 579 g/mol. The summed E-state index contributed by atoms with van der Waals surface area (Å²) < 4.78 is 0. The quantitative estimate of drug-likeness (QED) is 0.0899. The number of carbonyl (C=O) groups excluding carboxylic acids is 2. The van der Waals surface area contributed by atoms with Gasteiger partial charge < -0.3 is 0 Å². The van der Waals surface area contributed by atoms with E-state index in [1.807, 2.05) is 42.5 Å². The number of hydrogen-bond acceptors (Lipinski definition) is 6. The Hall–Kier alpha value is -6.27. The van der Waals surface area contributed by atoms with Gasteiger partial charge in [-0.25, -0.2) is 15.0 Å². The smallest absolute Gasteiger partial charge is 0.237 e. The predicted octanol–water partition coefficient (Wildman–Crippen LogP) is 8.85. The first-order valence-electron chi connectivity index (χ1n) is 14.7. The lowest BCUT2D eigenvalue weighted by Crippen LogP contribution is -2.13. The normalized spacial score (nSPS) is 12.9. The zero-order chi connectivity index (χ0) is 30.1. The Morgan fingerprint density at radius 3 is 1.76 bits per heavy atom. The van der Waals surface area contributed by atoms with Crippen LogP contribution in [0.1, 0.15) is 26.3 Å². The molecular weight excluding hydrogens is 556 g/mol. The van der Waals surface area contributed by atoms with Crippen LogP contribution in [0.25, 0.3) is 49.2 Å². The molecule has 210 valence electrons. The largest absolute Gasteiger partial charge is 0.288 e. The van der Waals surface area contributed by atoms with Gasteiger partial charge >= 0.3 is 0 Å². The molecule has 6 heteroatoms. The van der Waals surface area contributed by atoms with E-state index in [-0.39, 0.29) is 17.1 Å². The second-order valence-electron chi connectivity index (χ2n) is 11.2. The highest BCUT2D eigenvalue weighted by Gasteiger charge is 2.32. The number of rotatable bonds is 4. The Labute approximate surface area is 257 Å². The van der Waals surface area contributed by atoms with Crippen LogP contribution in [0.2, 0.25) is 0 Å². The summed E-state index contributed by atoms with van der Waals surface area (Å²) in [5, 5.41) is 8.78. The first-order chi connectivity index (χ1) is 22.2. The lowest BCUT2D eigenvalue weighted by molar-refractivity contribution is 0.0990. The summed E-state index contributed by atoms with van der Waals surface area (Å²) in [4.78, 5) is 41.6. The Balaban J connectivity index is 1.30. The van der Waals surface area contributed by atoms with Gasteiger partial charge in [0.1, 0.15) is 12.7 Å². The van der Waals surface area contributed by atoms with Crippen LogP contribution in [0.5, 0.6) is 0 Å². The highest BCUT2D eigenvalue weighted by Crippen LogP contribution is 2.46. The number of Topliss-reactive ketones (excluding diaryl/α,β-unsaturated/α-hetero) is 2. The van der Waals surface area contributed by atoms with Gasteiger partial charge in [0.05, 0.1) is 11.3 Å². The van der Waals surface area contributed by atoms with Gasteiger partial charge in [-0.05, 0) is 67.5 Å². The third-order valence-corrected chi connectivity index (χ3v) is 8.81. The summed E-state index contributed by atoms with van der Waals surface area (Å²) >= 11 is 0. The summed E-state index contributed by atoms with van der Waals surface area (Å²) in [6, 6.07) is 38.2. The van der Waals surface area contributed by atoms with E-state index < -0.39 is 0 Å². The molecule has 8 aromatic rings. The van der Waals surface area contributed by atoms with E-state index in [2.05, 4.69) is 68.4 Å². The van der Waals surface area contributed by atoms with Crippen molar-refractivity contribution in [2.45, 2.75) is 0 Å². The zero-order valence-corrected chi connectivity index (χ0v) is 23.8. The molecule has 0 bridgehead atoms. The number of ketones is 2. The van der Waals surface area contributed by atoms with Crippen LogP contribution < -0.4 is 4.90 Å². The van der Waals surface area contributed by atoms with Crippen molar-refractivity contribution in [3.63, 3.8) is 0 Å². The lowest BCUT2D eigenvalue weighted by atomic mass is 9.87. The fourth-order valence-corrected chi connectivity index (χ4v) is 6.89. The second kappa shape index (κ2) is 9.62. The molecule has 1 aromatic heterocycles. The summed E-state index contributed by atoms with van der Waals surface area (Å²) in [7, 11) is 0. The molecule has 0 saturated heterocycles. The Kier molecular flexibility index (Phi) is 5.40. The zero-order valence-electron chi connectivity index (χ0n) is 23.8. The minimum atomic E-state index is -0.222. The first-order valence-corrected chi connectivity index (χ1v) is 14.7. The number of hydrogen-bond donors (Lipinski definition) is 0. The molecule has 0 spiro atoms. The maximum Gasteiger partial charge on any atom is 0.237 e. The van der Waals surface area contributed by atoms with Crippen LogP contribution in [0.3, 0.4) is 0 Å². The number of benzene rings is 7. The Morgan fingerprint density at radius 2 is 1.07 bits per heavy atom. The molecule has 1 aliphatic rings. The molecule has 0 saturated carbocycles. The highest BCUT2D eigenvalue weighted by atomic mass is 16.2. The molecule has 0 unspecified atom stereocenters. The van der Waals surface area contributed by atoms with Crippen LogP contribution in [0.4, 0.5) is 17.3 Å². The number of anilines is 3. The maximum absolute atomic E-state index is 13.2. The van der Waals surface area contributed by atoms with Crippen molar-refractivity contribution in [2.24, 2.45) is 0 Å². The molecular formula is C39H22N4O2. The van der Waals surface area contributed by atoms with Gasteiger partial charge in [0, 0.05) is 22.2 Å². The fourth-order valence-electron chi connectivity index (χ4n) is 6.89. The van der Waals surface area contributed by atoms with E-state index in [0.29, 0.717) is 17.1 Å². The highest BCUT2D eigenvalue weighted by molar-refractivity contribution is 6.42. The second-order valence-corrected chi connectivity index (χ2v) is 11.2. The van der Waals surface area contributed by atoms with Gasteiger partial charge in [-0.3, -0.25) is 14.5 Å². The van der Waals surface area contributed by atoms with Crippen molar-refractivity contribution in [1.82, 2.24) is 15.0 Å². The minimum Gasteiger partial charge on any atom is -0.288 e. The molecule has 0 atom stereocenters. The summed E-state index contributed by atoms with van der Waals surface area (Å²) in [6.45, 7) is 0. The molecule has 1 heterocycles. The summed E-state index contributed by atoms with van der Waals surface area (Å²) in [5.41, 5.74) is 3.89. The third-order valence-electron chi connectivity index (χ3n) is 8.81. The van der Waals surface area contributed by atoms with E-state index in [0.717, 1.165) is 60.0 Å². The van der Waals surface area contributed by atoms with Crippen LogP contribution >= 0.6 is 0 Å². The number of fused-ring (bicyclic) bond motifs is 3. The van der Waals surface area contributed by atoms with Crippen LogP contribution in [0.15, 0.2) is 133 Å². The first kappa shape index (κ1) is 25.2. The minimum absolute atomic E-state index is 0.208. The van der Waals surface area contributed by atoms with Crippen LogP contribution in [-0.4, -0.2) is 26.5 Å². The molecule has 6 nitrogen and oxygen atoms in total. The molecule has 45 heavy (non-hydrogen) atoms. The van der Waals surface area contributed by atoms with Gasteiger partial charge in [-0.1, -0.05) is 97.1 Å². The molecule has 1 aliphatic carbocycles. The van der Waals surface area contributed by atoms with E-state index in [4.69, 9.17) is 0 Å². The van der Waals surface area contributed by atoms with E-state index in [9.17, 15) is 9.59 Å². The molecule has 7 aromatic carbocycles. The Bertz CT molecular complexity index is 2430. The predicted molar refractivity (Wildman–Crippen MR) is 179 cm³/mol. The van der Waals surface area contributed by atoms with Crippen molar-refractivity contribution in [3.8, 4) is 0 Å². The number of para-hydroxylation sites is 1. The number of allylic oxidation sites excluding steroid dienone is 1. The molecule has 0 aliphatic heterocycles. The van der Waals surface area contributed by atoms with E-state index in [1.165, 1.54) is 12.7 Å². The van der Waals surface area contributed by atoms with E-state index >= 15 is 0 Å². The van der Waals surface area contributed by atoms with Crippen molar-refractivity contribution in [2.75, 3.05) is 4.90 Å². The molecule has 0 radical (unpaired) electrons. The lowest BCUT2D eigenvalue weighted by Gasteiger charge is -2.25. The van der Waals surface area contributed by atoms with Gasteiger partial charge in [0.15, 0.2) is 11.6 Å². The number of carbonyl (C=O) groups is 2. The number of aromatic nitrogens is 3. The summed E-state index contributed by atoms with van der Waals surface area (Å²) in [5.74, 6) is 0.0887. The molecule has 0 N–H and O–H groups in total.